The van der Waals surface area contributed by atoms with Gasteiger partial charge in [-0.25, -0.2) is 9.18 Å². The number of carbonyl (C=O) groups is 2. The van der Waals surface area contributed by atoms with Crippen molar-refractivity contribution in [3.8, 4) is 11.5 Å². The number of amides is 2. The first-order chi connectivity index (χ1) is 18.0. The van der Waals surface area contributed by atoms with Gasteiger partial charge in [-0.15, -0.1) is 10.2 Å². The summed E-state index contributed by atoms with van der Waals surface area (Å²) in [5, 5.41) is 7.03. The summed E-state index contributed by atoms with van der Waals surface area (Å²) in [6.45, 7) is 6.07. The number of hydrogen-bond donors (Lipinski definition) is 0. The summed E-state index contributed by atoms with van der Waals surface area (Å²) in [7, 11) is 0. The van der Waals surface area contributed by atoms with Gasteiger partial charge in [-0.05, 0) is 69.0 Å². The molecule has 0 spiro atoms. The lowest BCUT2D eigenvalue weighted by molar-refractivity contribution is -0.00969. The van der Waals surface area contributed by atoms with Crippen LogP contribution in [-0.4, -0.2) is 50.2 Å². The molecule has 0 unspecified atom stereocenters. The van der Waals surface area contributed by atoms with Gasteiger partial charge in [0.2, 0.25) is 5.89 Å². The van der Waals surface area contributed by atoms with Crippen LogP contribution in [-0.2, 0) is 11.3 Å². The van der Waals surface area contributed by atoms with Crippen molar-refractivity contribution in [3.63, 3.8) is 0 Å². The number of rotatable bonds is 4. The fraction of sp³-hybridized carbons (Fsp3) is 0.407. The number of ether oxygens (including phenoxy) is 1. The molecule has 0 saturated carbocycles. The molecule has 0 N–H and O–H groups in total. The fourth-order valence-corrected chi connectivity index (χ4v) is 5.05. The van der Waals surface area contributed by atoms with E-state index in [1.807, 2.05) is 0 Å². The van der Waals surface area contributed by atoms with Gasteiger partial charge in [0, 0.05) is 24.2 Å². The van der Waals surface area contributed by atoms with Crippen LogP contribution in [0.15, 0.2) is 46.9 Å². The molecule has 2 aliphatic heterocycles. The zero-order valence-electron chi connectivity index (χ0n) is 21.2. The summed E-state index contributed by atoms with van der Waals surface area (Å²) < 4.78 is 50.3. The van der Waals surface area contributed by atoms with Crippen molar-refractivity contribution in [2.24, 2.45) is 0 Å². The highest BCUT2D eigenvalue weighted by molar-refractivity contribution is 5.99. The Bertz CT molecular complexity index is 1350. The molecule has 3 aromatic rings. The number of nitrogens with zero attached hydrogens (tertiary/aromatic N) is 4. The maximum atomic E-state index is 13.8. The van der Waals surface area contributed by atoms with E-state index >= 15 is 0 Å². The summed E-state index contributed by atoms with van der Waals surface area (Å²) in [6.07, 6.45) is -2.14. The van der Waals surface area contributed by atoms with Crippen molar-refractivity contribution in [2.75, 3.05) is 6.54 Å². The second kappa shape index (κ2) is 9.77. The molecule has 5 rings (SSSR count). The monoisotopic (exact) mass is 528 g/mol. The largest absolute Gasteiger partial charge is 0.444 e. The molecule has 0 radical (unpaired) electrons. The quantitative estimate of drug-likeness (QED) is 0.418. The highest BCUT2D eigenvalue weighted by Gasteiger charge is 2.44. The Balaban J connectivity index is 1.47. The summed E-state index contributed by atoms with van der Waals surface area (Å²) in [4.78, 5) is 30.2. The van der Waals surface area contributed by atoms with E-state index in [0.717, 1.165) is 5.56 Å². The summed E-state index contributed by atoms with van der Waals surface area (Å²) in [5.41, 5.74) is 1.47. The van der Waals surface area contributed by atoms with Crippen molar-refractivity contribution < 1.29 is 31.9 Å². The van der Waals surface area contributed by atoms with Crippen molar-refractivity contribution in [2.45, 2.75) is 64.3 Å². The lowest BCUT2D eigenvalue weighted by Gasteiger charge is -2.45. The Morgan fingerprint density at radius 3 is 2.53 bits per heavy atom. The first kappa shape index (κ1) is 25.7. The number of aromatic nitrogens is 2. The molecule has 1 aromatic heterocycles. The highest BCUT2D eigenvalue weighted by atomic mass is 19.3. The average Bonchev–Trinajstić information content (AvgIpc) is 3.48. The third kappa shape index (κ3) is 4.97. The average molecular weight is 529 g/mol. The second-order valence-corrected chi connectivity index (χ2v) is 10.4. The van der Waals surface area contributed by atoms with E-state index in [0.29, 0.717) is 42.6 Å². The maximum absolute atomic E-state index is 13.8. The van der Waals surface area contributed by atoms with Crippen LogP contribution in [0.3, 0.4) is 0 Å². The van der Waals surface area contributed by atoms with Crippen molar-refractivity contribution in [1.29, 1.82) is 0 Å². The summed E-state index contributed by atoms with van der Waals surface area (Å²) in [6, 6.07) is 9.88. The van der Waals surface area contributed by atoms with E-state index in [2.05, 4.69) is 10.2 Å². The molecule has 2 aromatic carbocycles. The molecular weight excluding hydrogens is 501 g/mol. The number of carbonyl (C=O) groups excluding carboxylic acids is 2. The molecule has 200 valence electrons. The molecule has 38 heavy (non-hydrogen) atoms. The number of halogens is 3. The predicted molar refractivity (Wildman–Crippen MR) is 130 cm³/mol. The molecule has 1 saturated heterocycles. The third-order valence-electron chi connectivity index (χ3n) is 6.66. The lowest BCUT2D eigenvalue weighted by atomic mass is 9.89. The van der Waals surface area contributed by atoms with Gasteiger partial charge in [0.05, 0.1) is 12.1 Å². The molecule has 0 aliphatic carbocycles. The van der Waals surface area contributed by atoms with Crippen LogP contribution >= 0.6 is 0 Å². The Hall–Kier alpha value is -3.89. The zero-order valence-corrected chi connectivity index (χ0v) is 21.2. The van der Waals surface area contributed by atoms with E-state index < -0.39 is 41.9 Å². The van der Waals surface area contributed by atoms with Crippen LogP contribution in [0, 0.1) is 5.82 Å². The number of benzene rings is 2. The van der Waals surface area contributed by atoms with Crippen LogP contribution in [0.1, 0.15) is 73.5 Å². The molecule has 3 heterocycles. The zero-order chi connectivity index (χ0) is 27.2. The molecule has 8 nitrogen and oxygen atoms in total. The molecule has 11 heteroatoms. The number of likely N-dealkylation sites (tertiary alicyclic amines) is 1. The molecule has 2 atom stereocenters. The smallest absolute Gasteiger partial charge is 0.410 e. The Labute approximate surface area is 217 Å². The first-order valence-electron chi connectivity index (χ1n) is 12.3. The second-order valence-electron chi connectivity index (χ2n) is 10.4. The summed E-state index contributed by atoms with van der Waals surface area (Å²) >= 11 is 0. The van der Waals surface area contributed by atoms with Crippen LogP contribution in [0.25, 0.3) is 11.5 Å². The van der Waals surface area contributed by atoms with E-state index in [-0.39, 0.29) is 11.8 Å². The maximum Gasteiger partial charge on any atom is 0.410 e. The minimum Gasteiger partial charge on any atom is -0.444 e. The van der Waals surface area contributed by atoms with Crippen molar-refractivity contribution >= 4 is 12.0 Å². The molecule has 2 aliphatic rings. The van der Waals surface area contributed by atoms with E-state index in [1.54, 1.807) is 60.9 Å². The third-order valence-corrected chi connectivity index (χ3v) is 6.66. The highest BCUT2D eigenvalue weighted by Crippen LogP contribution is 2.40. The van der Waals surface area contributed by atoms with Gasteiger partial charge in [-0.1, -0.05) is 18.2 Å². The van der Waals surface area contributed by atoms with E-state index in [4.69, 9.17) is 9.15 Å². The van der Waals surface area contributed by atoms with Gasteiger partial charge in [0.25, 0.3) is 11.8 Å². The van der Waals surface area contributed by atoms with Crippen molar-refractivity contribution in [1.82, 2.24) is 20.0 Å². The number of fused-ring (bicyclic) bond motifs is 1. The first-order valence-corrected chi connectivity index (χ1v) is 12.3. The Morgan fingerprint density at radius 1 is 1.13 bits per heavy atom. The molecular formula is C27H27F3N4O4. The molecule has 0 bridgehead atoms. The minimum atomic E-state index is -2.90. The van der Waals surface area contributed by atoms with Crippen LogP contribution in [0.2, 0.25) is 0 Å². The topological polar surface area (TPSA) is 88.8 Å². The van der Waals surface area contributed by atoms with Gasteiger partial charge in [-0.3, -0.25) is 9.69 Å². The minimum absolute atomic E-state index is 0.104. The molecule has 2 amide bonds. The summed E-state index contributed by atoms with van der Waals surface area (Å²) in [5.74, 6) is -1.57. The van der Waals surface area contributed by atoms with Gasteiger partial charge in [0.1, 0.15) is 11.4 Å². The van der Waals surface area contributed by atoms with Crippen LogP contribution in [0.4, 0.5) is 18.0 Å². The van der Waals surface area contributed by atoms with Gasteiger partial charge >= 0.3 is 12.5 Å². The van der Waals surface area contributed by atoms with Crippen LogP contribution in [0.5, 0.6) is 0 Å². The Morgan fingerprint density at radius 2 is 1.87 bits per heavy atom. The van der Waals surface area contributed by atoms with E-state index in [1.165, 1.54) is 12.1 Å². The van der Waals surface area contributed by atoms with Gasteiger partial charge in [0.15, 0.2) is 0 Å². The number of alkyl halides is 2. The van der Waals surface area contributed by atoms with E-state index in [9.17, 15) is 22.8 Å². The van der Waals surface area contributed by atoms with Crippen LogP contribution < -0.4 is 0 Å². The van der Waals surface area contributed by atoms with Gasteiger partial charge < -0.3 is 14.1 Å². The number of hydrogen-bond acceptors (Lipinski definition) is 6. The predicted octanol–water partition coefficient (Wildman–Crippen LogP) is 5.91. The normalized spacial score (nSPS) is 19.7. The SMILES string of the molecule is CC(C)(C)OC(=O)N1CCC[C@@H](N2Cc3ccc(-c4nnc(C(F)F)o4)cc3C2=O)[C@H]1c1ccc(F)cc1. The Kier molecular flexibility index (Phi) is 6.62. The fourth-order valence-electron chi connectivity index (χ4n) is 5.05. The number of piperidine rings is 1. The van der Waals surface area contributed by atoms with Gasteiger partial charge in [-0.2, -0.15) is 8.78 Å². The molecule has 1 fully saturated rings. The standard InChI is InChI=1S/C27H27F3N4O4/c1-27(2,3)38-26(36)33-12-4-5-20(21(33)15-8-10-18(28)11-9-15)34-14-17-7-6-16(13-19(17)25(34)35)23-31-32-24(37-23)22(29)30/h6-11,13,20-22H,4-5,12,14H2,1-3H3/t20-,21-/m1/s1. The van der Waals surface area contributed by atoms with Crippen molar-refractivity contribution in [3.05, 3.63) is 70.9 Å². The lowest BCUT2D eigenvalue weighted by Crippen LogP contribution is -2.53.